The number of rotatable bonds is 6. The molecule has 1 heterocycles. The molecule has 10 nitrogen and oxygen atoms in total. The van der Waals surface area contributed by atoms with Crippen molar-refractivity contribution >= 4 is 27.5 Å². The molecule has 32 heavy (non-hydrogen) atoms. The molecule has 0 unspecified atom stereocenters. The van der Waals surface area contributed by atoms with E-state index in [0.717, 1.165) is 6.26 Å². The Hall–Kier alpha value is -3.47. The van der Waals surface area contributed by atoms with Crippen LogP contribution in [-0.4, -0.2) is 71.0 Å². The molecule has 3 amide bonds. The zero-order valence-corrected chi connectivity index (χ0v) is 19.1. The molecule has 0 bridgehead atoms. The van der Waals surface area contributed by atoms with Crippen LogP contribution >= 0.6 is 0 Å². The molecule has 3 rings (SSSR count). The summed E-state index contributed by atoms with van der Waals surface area (Å²) < 4.78 is 40.1. The van der Waals surface area contributed by atoms with Gasteiger partial charge in [0.05, 0.1) is 37.5 Å². The maximum atomic E-state index is 13.1. The van der Waals surface area contributed by atoms with Crippen LogP contribution in [-0.2, 0) is 9.84 Å². The lowest BCUT2D eigenvalue weighted by atomic mass is 10.2. The fraction of sp³-hybridized carbons (Fsp3) is 0.333. The van der Waals surface area contributed by atoms with Crippen molar-refractivity contribution in [2.75, 3.05) is 46.0 Å². The van der Waals surface area contributed by atoms with Gasteiger partial charge in [-0.2, -0.15) is 0 Å². The highest BCUT2D eigenvalue weighted by Crippen LogP contribution is 2.40. The number of ether oxygens (including phenoxy) is 3. The lowest BCUT2D eigenvalue weighted by Gasteiger charge is -2.28. The van der Waals surface area contributed by atoms with Gasteiger partial charge in [-0.15, -0.1) is 0 Å². The minimum absolute atomic E-state index is 0.0162. The van der Waals surface area contributed by atoms with Gasteiger partial charge in [0.1, 0.15) is 0 Å². The number of carbonyl (C=O) groups is 2. The minimum atomic E-state index is -3.62. The van der Waals surface area contributed by atoms with Gasteiger partial charge in [-0.25, -0.2) is 23.2 Å². The SMILES string of the molecule is COc1cc(NC(=O)N2CCCN2C(=O)c2ccccc2S(C)(=O)=O)cc(OC)c1OC. The highest BCUT2D eigenvalue weighted by Gasteiger charge is 2.33. The Kier molecular flexibility index (Phi) is 6.78. The van der Waals surface area contributed by atoms with Gasteiger partial charge in [-0.1, -0.05) is 12.1 Å². The van der Waals surface area contributed by atoms with Gasteiger partial charge in [0.2, 0.25) is 5.75 Å². The third-order valence-corrected chi connectivity index (χ3v) is 6.09. The average molecular weight is 464 g/mol. The number of benzene rings is 2. The van der Waals surface area contributed by atoms with E-state index in [9.17, 15) is 18.0 Å². The van der Waals surface area contributed by atoms with Crippen LogP contribution in [0.25, 0.3) is 0 Å². The maximum absolute atomic E-state index is 13.1. The number of methoxy groups -OCH3 is 3. The van der Waals surface area contributed by atoms with E-state index < -0.39 is 21.8 Å². The first-order valence-electron chi connectivity index (χ1n) is 9.70. The quantitative estimate of drug-likeness (QED) is 0.700. The Bertz CT molecular complexity index is 1110. The van der Waals surface area contributed by atoms with E-state index in [-0.39, 0.29) is 17.0 Å². The summed E-state index contributed by atoms with van der Waals surface area (Å²) in [6.07, 6.45) is 1.59. The summed E-state index contributed by atoms with van der Waals surface area (Å²) in [5.41, 5.74) is 0.392. The molecule has 1 saturated heterocycles. The van der Waals surface area contributed by atoms with E-state index in [1.54, 1.807) is 24.3 Å². The van der Waals surface area contributed by atoms with E-state index in [0.29, 0.717) is 35.9 Å². The topological polar surface area (TPSA) is 114 Å². The van der Waals surface area contributed by atoms with Gasteiger partial charge in [0, 0.05) is 31.5 Å². The summed E-state index contributed by atoms with van der Waals surface area (Å²) in [6.45, 7) is 0.572. The van der Waals surface area contributed by atoms with Crippen LogP contribution in [0.15, 0.2) is 41.3 Å². The van der Waals surface area contributed by atoms with Crippen molar-refractivity contribution < 1.29 is 32.2 Å². The van der Waals surface area contributed by atoms with Crippen molar-refractivity contribution in [3.63, 3.8) is 0 Å². The number of hydrogen-bond acceptors (Lipinski definition) is 7. The summed E-state index contributed by atoms with van der Waals surface area (Å²) in [6, 6.07) is 8.53. The first-order valence-corrected chi connectivity index (χ1v) is 11.6. The number of hydrogen-bond donors (Lipinski definition) is 1. The van der Waals surface area contributed by atoms with Crippen LogP contribution in [0, 0.1) is 0 Å². The van der Waals surface area contributed by atoms with Crippen LogP contribution in [0.2, 0.25) is 0 Å². The molecular weight excluding hydrogens is 438 g/mol. The second kappa shape index (κ2) is 9.35. The molecular formula is C21H25N3O7S. The first-order chi connectivity index (χ1) is 15.2. The van der Waals surface area contributed by atoms with Crippen molar-refractivity contribution in [3.8, 4) is 17.2 Å². The Morgan fingerprint density at radius 1 is 0.938 bits per heavy atom. The van der Waals surface area contributed by atoms with Crippen molar-refractivity contribution in [2.24, 2.45) is 0 Å². The van der Waals surface area contributed by atoms with E-state index >= 15 is 0 Å². The van der Waals surface area contributed by atoms with Crippen molar-refractivity contribution in [3.05, 3.63) is 42.0 Å². The second-order valence-corrected chi connectivity index (χ2v) is 9.00. The Morgan fingerprint density at radius 2 is 1.53 bits per heavy atom. The molecule has 2 aromatic rings. The Morgan fingerprint density at radius 3 is 2.09 bits per heavy atom. The van der Waals surface area contributed by atoms with Gasteiger partial charge in [0.15, 0.2) is 21.3 Å². The summed E-state index contributed by atoms with van der Waals surface area (Å²) in [5, 5.41) is 5.23. The fourth-order valence-corrected chi connectivity index (χ4v) is 4.36. The van der Waals surface area contributed by atoms with Crippen LogP contribution in [0.1, 0.15) is 16.8 Å². The number of nitrogens with one attached hydrogen (secondary N) is 1. The first kappa shape index (κ1) is 23.2. The van der Waals surface area contributed by atoms with Crippen LogP contribution in [0.3, 0.4) is 0 Å². The number of nitrogens with zero attached hydrogens (tertiary/aromatic N) is 2. The normalized spacial score (nSPS) is 13.6. The number of urea groups is 1. The summed E-state index contributed by atoms with van der Waals surface area (Å²) in [5.74, 6) is 0.532. The number of sulfone groups is 1. The molecule has 0 aromatic heterocycles. The zero-order chi connectivity index (χ0) is 23.5. The number of anilines is 1. The molecule has 1 aliphatic rings. The van der Waals surface area contributed by atoms with Gasteiger partial charge in [-0.3, -0.25) is 4.79 Å². The highest BCUT2D eigenvalue weighted by atomic mass is 32.2. The van der Waals surface area contributed by atoms with Gasteiger partial charge >= 0.3 is 6.03 Å². The molecule has 1 aliphatic heterocycles. The third kappa shape index (κ3) is 4.57. The number of carbonyl (C=O) groups excluding carboxylic acids is 2. The summed E-state index contributed by atoms with van der Waals surface area (Å²) in [4.78, 5) is 26.1. The van der Waals surface area contributed by atoms with Crippen molar-refractivity contribution in [1.29, 1.82) is 0 Å². The molecule has 172 valence electrons. The van der Waals surface area contributed by atoms with E-state index in [4.69, 9.17) is 14.2 Å². The van der Waals surface area contributed by atoms with Crippen molar-refractivity contribution in [2.45, 2.75) is 11.3 Å². The van der Waals surface area contributed by atoms with Crippen LogP contribution < -0.4 is 19.5 Å². The van der Waals surface area contributed by atoms with E-state index in [2.05, 4.69) is 5.32 Å². The fourth-order valence-electron chi connectivity index (χ4n) is 3.48. The van der Waals surface area contributed by atoms with E-state index in [1.165, 1.54) is 43.5 Å². The smallest absolute Gasteiger partial charge is 0.340 e. The molecule has 0 radical (unpaired) electrons. The Balaban J connectivity index is 1.87. The Labute approximate surface area is 186 Å². The standard InChI is InChI=1S/C21H25N3O7S/c1-29-16-12-14(13-17(30-2)19(16)31-3)22-21(26)24-11-7-10-23(24)20(25)15-8-5-6-9-18(15)32(4,27)28/h5-6,8-9,12-13H,7,10-11H2,1-4H3,(H,22,26). The molecule has 2 aromatic carbocycles. The number of hydrazine groups is 1. The number of amides is 3. The predicted octanol–water partition coefficient (Wildman–Crippen LogP) is 2.41. The third-order valence-electron chi connectivity index (χ3n) is 4.93. The van der Waals surface area contributed by atoms with Gasteiger partial charge in [0.25, 0.3) is 5.91 Å². The summed E-state index contributed by atoms with van der Waals surface area (Å²) >= 11 is 0. The van der Waals surface area contributed by atoms with Crippen LogP contribution in [0.4, 0.5) is 10.5 Å². The zero-order valence-electron chi connectivity index (χ0n) is 18.2. The molecule has 11 heteroatoms. The maximum Gasteiger partial charge on any atom is 0.340 e. The lowest BCUT2D eigenvalue weighted by Crippen LogP contribution is -2.47. The molecule has 0 spiro atoms. The van der Waals surface area contributed by atoms with E-state index in [1.807, 2.05) is 0 Å². The predicted molar refractivity (Wildman–Crippen MR) is 117 cm³/mol. The highest BCUT2D eigenvalue weighted by molar-refractivity contribution is 7.90. The lowest BCUT2D eigenvalue weighted by molar-refractivity contribution is 0.0400. The largest absolute Gasteiger partial charge is 0.493 e. The van der Waals surface area contributed by atoms with Gasteiger partial charge < -0.3 is 19.5 Å². The molecule has 0 aliphatic carbocycles. The second-order valence-electron chi connectivity index (χ2n) is 7.02. The molecule has 1 fully saturated rings. The monoisotopic (exact) mass is 463 g/mol. The minimum Gasteiger partial charge on any atom is -0.493 e. The van der Waals surface area contributed by atoms with Crippen molar-refractivity contribution in [1.82, 2.24) is 10.0 Å². The average Bonchev–Trinajstić information content (AvgIpc) is 3.27. The molecule has 0 atom stereocenters. The molecule has 1 N–H and O–H groups in total. The molecule has 0 saturated carbocycles. The van der Waals surface area contributed by atoms with Gasteiger partial charge in [-0.05, 0) is 18.6 Å². The summed E-state index contributed by atoms with van der Waals surface area (Å²) in [7, 11) is 0.773. The van der Waals surface area contributed by atoms with Crippen LogP contribution in [0.5, 0.6) is 17.2 Å².